The summed E-state index contributed by atoms with van der Waals surface area (Å²) in [6, 6.07) is 5.92. The quantitative estimate of drug-likeness (QED) is 0.908. The van der Waals surface area contributed by atoms with Crippen LogP contribution in [0.25, 0.3) is 0 Å². The molecule has 3 rings (SSSR count). The molecule has 1 aliphatic carbocycles. The van der Waals surface area contributed by atoms with Crippen molar-refractivity contribution in [2.24, 2.45) is 17.6 Å². The van der Waals surface area contributed by atoms with Gasteiger partial charge in [-0.15, -0.1) is 0 Å². The second-order valence-electron chi connectivity index (χ2n) is 6.41. The highest BCUT2D eigenvalue weighted by molar-refractivity contribution is 5.25. The Morgan fingerprint density at radius 1 is 1.19 bits per heavy atom. The average Bonchev–Trinajstić information content (AvgIpc) is 2.82. The van der Waals surface area contributed by atoms with Crippen molar-refractivity contribution in [3.63, 3.8) is 0 Å². The number of nitrogens with two attached hydrogens (primary N) is 1. The summed E-state index contributed by atoms with van der Waals surface area (Å²) in [5.41, 5.74) is 6.35. The molecule has 5 heteroatoms. The maximum Gasteiger partial charge on any atom is 0.416 e. The van der Waals surface area contributed by atoms with Gasteiger partial charge in [-0.1, -0.05) is 24.6 Å². The largest absolute Gasteiger partial charge is 0.416 e. The van der Waals surface area contributed by atoms with Gasteiger partial charge in [0.1, 0.15) is 0 Å². The lowest BCUT2D eigenvalue weighted by molar-refractivity contribution is -0.137. The van der Waals surface area contributed by atoms with E-state index in [0.29, 0.717) is 18.4 Å². The SMILES string of the molecule is NC1CCCC2CN(Cc3cccc(C(F)(F)F)c3)CC12. The number of nitrogens with zero attached hydrogens (tertiary/aromatic N) is 1. The standard InChI is InChI=1S/C16H21F3N2/c17-16(18,19)13-5-1-3-11(7-13)8-21-9-12-4-2-6-15(20)14(12)10-21/h1,3,5,7,12,14-15H,2,4,6,8-10,20H2. The lowest BCUT2D eigenvalue weighted by Gasteiger charge is -2.29. The average molecular weight is 298 g/mol. The van der Waals surface area contributed by atoms with Gasteiger partial charge in [-0.3, -0.25) is 4.90 Å². The maximum absolute atomic E-state index is 12.7. The molecule has 21 heavy (non-hydrogen) atoms. The van der Waals surface area contributed by atoms with E-state index < -0.39 is 11.7 Å². The summed E-state index contributed by atoms with van der Waals surface area (Å²) in [7, 11) is 0. The number of fused-ring (bicyclic) bond motifs is 1. The Kier molecular flexibility index (Phi) is 3.97. The second-order valence-corrected chi connectivity index (χ2v) is 6.41. The molecule has 0 amide bonds. The van der Waals surface area contributed by atoms with E-state index in [1.807, 2.05) is 0 Å². The number of benzene rings is 1. The minimum atomic E-state index is -4.27. The Bertz CT molecular complexity index is 501. The van der Waals surface area contributed by atoms with Crippen molar-refractivity contribution >= 4 is 0 Å². The highest BCUT2D eigenvalue weighted by Crippen LogP contribution is 2.36. The minimum Gasteiger partial charge on any atom is -0.327 e. The Labute approximate surface area is 123 Å². The van der Waals surface area contributed by atoms with E-state index in [1.165, 1.54) is 25.0 Å². The normalized spacial score (nSPS) is 30.4. The van der Waals surface area contributed by atoms with Crippen LogP contribution < -0.4 is 5.73 Å². The summed E-state index contributed by atoms with van der Waals surface area (Å²) < 4.78 is 38.2. The molecule has 1 saturated carbocycles. The van der Waals surface area contributed by atoms with Gasteiger partial charge in [0, 0.05) is 25.7 Å². The first-order valence-corrected chi connectivity index (χ1v) is 7.57. The minimum absolute atomic E-state index is 0.259. The van der Waals surface area contributed by atoms with E-state index in [9.17, 15) is 13.2 Å². The molecule has 0 radical (unpaired) electrons. The first kappa shape index (κ1) is 14.9. The number of likely N-dealkylation sites (tertiary alicyclic amines) is 1. The molecule has 2 aliphatic rings. The molecule has 116 valence electrons. The molecule has 1 saturated heterocycles. The Morgan fingerprint density at radius 3 is 2.71 bits per heavy atom. The van der Waals surface area contributed by atoms with Gasteiger partial charge >= 0.3 is 6.18 Å². The first-order chi connectivity index (χ1) is 9.93. The van der Waals surface area contributed by atoms with Crippen LogP contribution in [0.3, 0.4) is 0 Å². The molecule has 1 aromatic rings. The summed E-state index contributed by atoms with van der Waals surface area (Å²) in [4.78, 5) is 2.26. The molecule has 0 aromatic heterocycles. The second kappa shape index (κ2) is 5.61. The van der Waals surface area contributed by atoms with Crippen molar-refractivity contribution in [3.8, 4) is 0 Å². The van der Waals surface area contributed by atoms with Crippen LogP contribution in [0.15, 0.2) is 24.3 Å². The third-order valence-corrected chi connectivity index (χ3v) is 4.89. The highest BCUT2D eigenvalue weighted by Gasteiger charge is 2.38. The fraction of sp³-hybridized carbons (Fsp3) is 0.625. The molecule has 1 heterocycles. The lowest BCUT2D eigenvalue weighted by atomic mass is 9.78. The van der Waals surface area contributed by atoms with Crippen LogP contribution in [0.4, 0.5) is 13.2 Å². The van der Waals surface area contributed by atoms with E-state index in [4.69, 9.17) is 5.73 Å². The van der Waals surface area contributed by atoms with Crippen LogP contribution in [0.5, 0.6) is 0 Å². The molecule has 1 aliphatic heterocycles. The number of alkyl halides is 3. The van der Waals surface area contributed by atoms with Crippen LogP contribution in [-0.2, 0) is 12.7 Å². The summed E-state index contributed by atoms with van der Waals surface area (Å²) in [6.45, 7) is 2.47. The predicted molar refractivity (Wildman–Crippen MR) is 75.5 cm³/mol. The molecule has 0 bridgehead atoms. The Balaban J connectivity index is 1.68. The van der Waals surface area contributed by atoms with Gasteiger partial charge in [0.25, 0.3) is 0 Å². The zero-order chi connectivity index (χ0) is 15.0. The number of halogens is 3. The monoisotopic (exact) mass is 298 g/mol. The topological polar surface area (TPSA) is 29.3 Å². The molecule has 1 aromatic carbocycles. The van der Waals surface area contributed by atoms with Crippen LogP contribution in [0.2, 0.25) is 0 Å². The van der Waals surface area contributed by atoms with Crippen molar-refractivity contribution in [1.82, 2.24) is 4.90 Å². The number of rotatable bonds is 2. The summed E-state index contributed by atoms with van der Waals surface area (Å²) in [5, 5.41) is 0. The molecule has 3 atom stereocenters. The first-order valence-electron chi connectivity index (χ1n) is 7.57. The van der Waals surface area contributed by atoms with Gasteiger partial charge < -0.3 is 5.73 Å². The van der Waals surface area contributed by atoms with E-state index in [1.54, 1.807) is 6.07 Å². The smallest absolute Gasteiger partial charge is 0.327 e. The van der Waals surface area contributed by atoms with Gasteiger partial charge in [0.2, 0.25) is 0 Å². The fourth-order valence-corrected chi connectivity index (χ4v) is 3.84. The highest BCUT2D eigenvalue weighted by atomic mass is 19.4. The number of hydrogen-bond donors (Lipinski definition) is 1. The van der Waals surface area contributed by atoms with E-state index in [2.05, 4.69) is 4.90 Å². The van der Waals surface area contributed by atoms with Crippen molar-refractivity contribution in [3.05, 3.63) is 35.4 Å². The summed E-state index contributed by atoms with van der Waals surface area (Å²) in [5.74, 6) is 1.14. The van der Waals surface area contributed by atoms with Crippen LogP contribution in [0, 0.1) is 11.8 Å². The van der Waals surface area contributed by atoms with Gasteiger partial charge in [0.05, 0.1) is 5.56 Å². The molecule has 0 spiro atoms. The van der Waals surface area contributed by atoms with Crippen molar-refractivity contribution < 1.29 is 13.2 Å². The van der Waals surface area contributed by atoms with Crippen molar-refractivity contribution in [1.29, 1.82) is 0 Å². The van der Waals surface area contributed by atoms with Crippen LogP contribution in [0.1, 0.15) is 30.4 Å². The molecular weight excluding hydrogens is 277 g/mol. The molecule has 3 unspecified atom stereocenters. The van der Waals surface area contributed by atoms with E-state index in [0.717, 1.165) is 31.1 Å². The fourth-order valence-electron chi connectivity index (χ4n) is 3.84. The van der Waals surface area contributed by atoms with Gasteiger partial charge in [-0.2, -0.15) is 13.2 Å². The zero-order valence-electron chi connectivity index (χ0n) is 11.9. The van der Waals surface area contributed by atoms with Gasteiger partial charge in [0.15, 0.2) is 0 Å². The van der Waals surface area contributed by atoms with E-state index in [-0.39, 0.29) is 6.04 Å². The predicted octanol–water partition coefficient (Wildman–Crippen LogP) is 3.26. The van der Waals surface area contributed by atoms with Gasteiger partial charge in [-0.25, -0.2) is 0 Å². The number of hydrogen-bond acceptors (Lipinski definition) is 2. The molecule has 2 nitrogen and oxygen atoms in total. The van der Waals surface area contributed by atoms with E-state index >= 15 is 0 Å². The zero-order valence-corrected chi connectivity index (χ0v) is 11.9. The Morgan fingerprint density at radius 2 is 2.00 bits per heavy atom. The summed E-state index contributed by atoms with van der Waals surface area (Å²) >= 11 is 0. The third kappa shape index (κ3) is 3.24. The van der Waals surface area contributed by atoms with Crippen LogP contribution in [-0.4, -0.2) is 24.0 Å². The molecular formula is C16H21F3N2. The molecule has 2 N–H and O–H groups in total. The van der Waals surface area contributed by atoms with Gasteiger partial charge in [-0.05, 0) is 36.3 Å². The third-order valence-electron chi connectivity index (χ3n) is 4.89. The van der Waals surface area contributed by atoms with Crippen molar-refractivity contribution in [2.75, 3.05) is 13.1 Å². The maximum atomic E-state index is 12.7. The van der Waals surface area contributed by atoms with Crippen molar-refractivity contribution in [2.45, 2.75) is 38.0 Å². The Hall–Kier alpha value is -1.07. The molecule has 2 fully saturated rings. The van der Waals surface area contributed by atoms with Crippen LogP contribution >= 0.6 is 0 Å². The summed E-state index contributed by atoms with van der Waals surface area (Å²) in [6.07, 6.45) is -0.798. The lowest BCUT2D eigenvalue weighted by Crippen LogP contribution is -2.38.